The number of hydrogen-bond donors (Lipinski definition) is 2. The van der Waals surface area contributed by atoms with Gasteiger partial charge in [0.1, 0.15) is 5.52 Å². The van der Waals surface area contributed by atoms with Crippen molar-refractivity contribution in [3.63, 3.8) is 0 Å². The van der Waals surface area contributed by atoms with E-state index in [9.17, 15) is 14.4 Å². The number of hydrogen-bond acceptors (Lipinski definition) is 8. The van der Waals surface area contributed by atoms with Crippen LogP contribution in [-0.4, -0.2) is 94.7 Å². The van der Waals surface area contributed by atoms with Crippen molar-refractivity contribution in [1.29, 1.82) is 0 Å². The molecule has 53 heavy (non-hydrogen) atoms. The van der Waals surface area contributed by atoms with E-state index in [0.29, 0.717) is 49.4 Å². The summed E-state index contributed by atoms with van der Waals surface area (Å²) in [6.45, 7) is 5.18. The summed E-state index contributed by atoms with van der Waals surface area (Å²) in [5.74, 6) is 0.703. The largest absolute Gasteiger partial charge is 0.453 e. The summed E-state index contributed by atoms with van der Waals surface area (Å²) >= 11 is 0. The number of carbonyl (C=O) groups is 3. The highest BCUT2D eigenvalue weighted by atomic mass is 16.5. The van der Waals surface area contributed by atoms with Gasteiger partial charge in [0.05, 0.1) is 30.1 Å². The molecule has 2 aromatic carbocycles. The minimum absolute atomic E-state index is 0.138. The predicted octanol–water partition coefficient (Wildman–Crippen LogP) is 6.31. The number of rotatable bonds is 7. The molecule has 2 aliphatic carbocycles. The summed E-state index contributed by atoms with van der Waals surface area (Å²) in [5, 5.41) is 6.30. The van der Waals surface area contributed by atoms with Crippen LogP contribution in [0, 0.1) is 6.92 Å². The molecule has 2 N–H and O–H groups in total. The molecule has 4 aromatic rings. The molecule has 2 saturated heterocycles. The molecule has 276 valence electrons. The van der Waals surface area contributed by atoms with Crippen LogP contribution >= 0.6 is 0 Å². The van der Waals surface area contributed by atoms with E-state index in [4.69, 9.17) is 14.7 Å². The SMILES string of the molecule is CNC(=O)c1cc(Nc2nc(-c3ccc4c(c3)N([C@H]3C[C@@H](N5CCCCC5)C3)C(=O)C43CCN(C(=O)OC)CC3)cc3ncn(C4CC4)c23)ccc1C. The van der Waals surface area contributed by atoms with E-state index in [1.54, 1.807) is 11.9 Å². The number of nitrogens with one attached hydrogen (secondary N) is 2. The molecular formula is C41H48N8O4. The number of methoxy groups -OCH3 is 1. The second kappa shape index (κ2) is 13.2. The smallest absolute Gasteiger partial charge is 0.409 e. The zero-order chi connectivity index (χ0) is 36.4. The van der Waals surface area contributed by atoms with Crippen LogP contribution in [0.4, 0.5) is 22.0 Å². The summed E-state index contributed by atoms with van der Waals surface area (Å²) < 4.78 is 7.24. The standard InChI is InChI=1S/C41H48N8O4/c1-25-7-9-27(20-31(25)38(50)42-2)44-37-36-34(43-24-48(36)28-10-11-28)23-33(45-37)26-8-12-32-35(19-26)49(30-21-29(22-30)46-15-5-4-6-16-46)39(51)41(32)13-17-47(18-14-41)40(52)53-3/h7-9,12,19-20,23-24,28-30H,4-6,10-11,13-18,21-22H2,1-3H3,(H,42,50)(H,44,45)/t29-,30+. The van der Waals surface area contributed by atoms with Crippen LogP contribution in [0.15, 0.2) is 48.8 Å². The van der Waals surface area contributed by atoms with Crippen LogP contribution < -0.4 is 15.5 Å². The zero-order valence-corrected chi connectivity index (χ0v) is 30.9. The van der Waals surface area contributed by atoms with Gasteiger partial charge in [-0.1, -0.05) is 24.6 Å². The lowest BCUT2D eigenvalue weighted by Crippen LogP contribution is -2.58. The van der Waals surface area contributed by atoms with Crippen LogP contribution in [0.2, 0.25) is 0 Å². The van der Waals surface area contributed by atoms with Crippen molar-refractivity contribution >= 4 is 46.1 Å². The first-order valence-corrected chi connectivity index (χ1v) is 19.3. The average Bonchev–Trinajstić information content (AvgIpc) is 3.89. The fourth-order valence-electron chi connectivity index (χ4n) is 9.29. The molecule has 0 atom stereocenters. The molecule has 4 fully saturated rings. The molecule has 5 aliphatic rings. The van der Waals surface area contributed by atoms with Gasteiger partial charge in [0.25, 0.3) is 5.91 Å². The molecule has 2 aromatic heterocycles. The quantitative estimate of drug-likeness (QED) is 0.228. The summed E-state index contributed by atoms with van der Waals surface area (Å²) in [6.07, 6.45) is 10.7. The number of nitrogens with zero attached hydrogens (tertiary/aromatic N) is 6. The fraction of sp³-hybridized carbons (Fsp3) is 0.488. The first-order chi connectivity index (χ1) is 25.8. The number of pyridine rings is 1. The third-order valence-electron chi connectivity index (χ3n) is 12.6. The number of piperidine rings is 2. The second-order valence-electron chi connectivity index (χ2n) is 15.7. The van der Waals surface area contributed by atoms with Crippen LogP contribution in [0.1, 0.15) is 85.3 Å². The van der Waals surface area contributed by atoms with E-state index in [0.717, 1.165) is 83.6 Å². The van der Waals surface area contributed by atoms with Gasteiger partial charge in [0.2, 0.25) is 5.91 Å². The molecule has 12 heteroatoms. The summed E-state index contributed by atoms with van der Waals surface area (Å²) in [4.78, 5) is 56.4. The van der Waals surface area contributed by atoms with E-state index >= 15 is 0 Å². The molecule has 0 unspecified atom stereocenters. The lowest BCUT2D eigenvalue weighted by Gasteiger charge is -2.48. The van der Waals surface area contributed by atoms with Crippen molar-refractivity contribution in [1.82, 2.24) is 29.7 Å². The number of aryl methyl sites for hydroxylation is 1. The predicted molar refractivity (Wildman–Crippen MR) is 204 cm³/mol. The molecule has 1 spiro atoms. The highest BCUT2D eigenvalue weighted by Crippen LogP contribution is 2.52. The lowest BCUT2D eigenvalue weighted by molar-refractivity contribution is -0.126. The Kier molecular flexibility index (Phi) is 8.40. The van der Waals surface area contributed by atoms with Crippen LogP contribution in [0.3, 0.4) is 0 Å². The number of amides is 3. The van der Waals surface area contributed by atoms with E-state index in [1.165, 1.54) is 26.4 Å². The number of imidazole rings is 1. The molecule has 5 heterocycles. The van der Waals surface area contributed by atoms with Gasteiger partial charge in [0.15, 0.2) is 5.82 Å². The Bertz CT molecular complexity index is 2100. The highest BCUT2D eigenvalue weighted by Gasteiger charge is 2.56. The maximum Gasteiger partial charge on any atom is 0.409 e. The third kappa shape index (κ3) is 5.73. The van der Waals surface area contributed by atoms with Crippen molar-refractivity contribution in [2.75, 3.05) is 50.6 Å². The number of carbonyl (C=O) groups excluding carboxylic acids is 3. The Morgan fingerprint density at radius 2 is 1.70 bits per heavy atom. The molecule has 0 radical (unpaired) electrons. The average molecular weight is 717 g/mol. The van der Waals surface area contributed by atoms with Crippen molar-refractivity contribution in [3.8, 4) is 11.3 Å². The maximum absolute atomic E-state index is 14.8. The number of ether oxygens (including phenoxy) is 1. The van der Waals surface area contributed by atoms with E-state index in [1.807, 2.05) is 37.5 Å². The second-order valence-corrected chi connectivity index (χ2v) is 15.7. The number of aromatic nitrogens is 3. The van der Waals surface area contributed by atoms with Gasteiger partial charge >= 0.3 is 6.09 Å². The van der Waals surface area contributed by atoms with Gasteiger partial charge in [-0.3, -0.25) is 9.59 Å². The molecular weight excluding hydrogens is 669 g/mol. The number of anilines is 3. The van der Waals surface area contributed by atoms with Gasteiger partial charge in [-0.2, -0.15) is 0 Å². The summed E-state index contributed by atoms with van der Waals surface area (Å²) in [5.41, 5.74) is 7.06. The van der Waals surface area contributed by atoms with Crippen molar-refractivity contribution in [3.05, 3.63) is 65.5 Å². The Morgan fingerprint density at radius 1 is 0.925 bits per heavy atom. The lowest BCUT2D eigenvalue weighted by atomic mass is 9.73. The normalized spacial score (nSPS) is 22.5. The van der Waals surface area contributed by atoms with Crippen molar-refractivity contribution in [2.45, 2.75) is 88.3 Å². The van der Waals surface area contributed by atoms with Crippen LogP contribution in [-0.2, 0) is 14.9 Å². The minimum atomic E-state index is -0.671. The summed E-state index contributed by atoms with van der Waals surface area (Å²) in [6, 6.07) is 15.3. The van der Waals surface area contributed by atoms with Gasteiger partial charge in [-0.25, -0.2) is 14.8 Å². The van der Waals surface area contributed by atoms with E-state index < -0.39 is 5.41 Å². The number of fused-ring (bicyclic) bond motifs is 3. The summed E-state index contributed by atoms with van der Waals surface area (Å²) in [7, 11) is 3.05. The molecule has 2 saturated carbocycles. The van der Waals surface area contributed by atoms with Crippen molar-refractivity contribution in [2.24, 2.45) is 0 Å². The van der Waals surface area contributed by atoms with E-state index in [2.05, 4.69) is 43.2 Å². The number of likely N-dealkylation sites (tertiary alicyclic amines) is 2. The molecule has 0 bridgehead atoms. The molecule has 3 amide bonds. The molecule has 9 rings (SSSR count). The Morgan fingerprint density at radius 3 is 2.42 bits per heavy atom. The Balaban J connectivity index is 1.10. The van der Waals surface area contributed by atoms with Gasteiger partial charge in [-0.15, -0.1) is 0 Å². The minimum Gasteiger partial charge on any atom is -0.453 e. The van der Waals surface area contributed by atoms with Gasteiger partial charge in [-0.05, 0) is 107 Å². The third-order valence-corrected chi connectivity index (χ3v) is 12.6. The van der Waals surface area contributed by atoms with Crippen LogP contribution in [0.5, 0.6) is 0 Å². The van der Waals surface area contributed by atoms with Gasteiger partial charge in [0, 0.05) is 60.8 Å². The fourth-order valence-corrected chi connectivity index (χ4v) is 9.29. The zero-order valence-electron chi connectivity index (χ0n) is 30.9. The topological polar surface area (TPSA) is 125 Å². The molecule has 3 aliphatic heterocycles. The first kappa shape index (κ1) is 33.8. The molecule has 12 nitrogen and oxygen atoms in total. The monoisotopic (exact) mass is 716 g/mol. The first-order valence-electron chi connectivity index (χ1n) is 19.3. The Hall–Kier alpha value is -4.97. The van der Waals surface area contributed by atoms with Crippen molar-refractivity contribution < 1.29 is 19.1 Å². The highest BCUT2D eigenvalue weighted by molar-refractivity contribution is 6.09. The maximum atomic E-state index is 14.8. The number of benzene rings is 2. The van der Waals surface area contributed by atoms with E-state index in [-0.39, 0.29) is 23.9 Å². The van der Waals surface area contributed by atoms with Crippen LogP contribution in [0.25, 0.3) is 22.3 Å². The Labute approximate surface area is 309 Å². The van der Waals surface area contributed by atoms with Gasteiger partial charge < -0.3 is 34.6 Å².